The number of aryl methyl sites for hydroxylation is 2. The van der Waals surface area contributed by atoms with Crippen LogP contribution in [0.4, 0.5) is 0 Å². The van der Waals surface area contributed by atoms with Crippen molar-refractivity contribution in [3.05, 3.63) is 15.6 Å². The molecule has 1 saturated heterocycles. The van der Waals surface area contributed by atoms with Gasteiger partial charge in [0.25, 0.3) is 0 Å². The topological polar surface area (TPSA) is 52.6 Å². The van der Waals surface area contributed by atoms with Crippen LogP contribution in [-0.2, 0) is 6.54 Å². The number of hydrogen-bond acceptors (Lipinski definition) is 4. The Hall–Kier alpha value is -1.14. The third-order valence-corrected chi connectivity index (χ3v) is 5.78. The first-order valence-electron chi connectivity index (χ1n) is 9.76. The fourth-order valence-corrected chi connectivity index (χ4v) is 4.11. The van der Waals surface area contributed by atoms with E-state index < -0.39 is 0 Å². The van der Waals surface area contributed by atoms with Gasteiger partial charge in [0.1, 0.15) is 5.01 Å². The largest absolute Gasteiger partial charge is 0.357 e. The quantitative estimate of drug-likeness (QED) is 0.421. The van der Waals surface area contributed by atoms with E-state index in [4.69, 9.17) is 0 Å². The zero-order valence-corrected chi connectivity index (χ0v) is 17.2. The van der Waals surface area contributed by atoms with E-state index in [1.54, 1.807) is 11.3 Å². The molecule has 2 N–H and O–H groups in total. The third-order valence-electron chi connectivity index (χ3n) is 4.72. The SMILES string of the molecule is CCNC(=NCc1nc(C)c(C)s1)NCCCCN1CCCC(C)C1. The molecule has 25 heavy (non-hydrogen) atoms. The maximum atomic E-state index is 4.67. The molecule has 0 aromatic carbocycles. The molecule has 1 fully saturated rings. The molecule has 5 nitrogen and oxygen atoms in total. The summed E-state index contributed by atoms with van der Waals surface area (Å²) in [6.07, 6.45) is 5.21. The van der Waals surface area contributed by atoms with E-state index >= 15 is 0 Å². The van der Waals surface area contributed by atoms with Crippen LogP contribution in [0.15, 0.2) is 4.99 Å². The molecule has 1 unspecified atom stereocenters. The Morgan fingerprint density at radius 1 is 1.32 bits per heavy atom. The highest BCUT2D eigenvalue weighted by atomic mass is 32.1. The molecule has 0 radical (unpaired) electrons. The molecule has 6 heteroatoms. The van der Waals surface area contributed by atoms with Crippen molar-refractivity contribution >= 4 is 17.3 Å². The van der Waals surface area contributed by atoms with Crippen LogP contribution in [0.3, 0.4) is 0 Å². The lowest BCUT2D eigenvalue weighted by atomic mass is 10.0. The van der Waals surface area contributed by atoms with Crippen molar-refractivity contribution < 1.29 is 0 Å². The Bertz CT molecular complexity index is 520. The molecule has 142 valence electrons. The molecule has 1 aromatic rings. The number of unbranched alkanes of at least 4 members (excludes halogenated alkanes) is 1. The van der Waals surface area contributed by atoms with E-state index in [1.165, 1.54) is 50.2 Å². The molecule has 0 aliphatic carbocycles. The Labute approximate surface area is 157 Å². The Balaban J connectivity index is 1.67. The number of piperidine rings is 1. The van der Waals surface area contributed by atoms with Crippen molar-refractivity contribution in [2.45, 2.75) is 59.9 Å². The number of nitrogens with one attached hydrogen (secondary N) is 2. The Kier molecular flexibility index (Phi) is 8.68. The number of likely N-dealkylation sites (tertiary alicyclic amines) is 1. The summed E-state index contributed by atoms with van der Waals surface area (Å²) in [5.41, 5.74) is 1.13. The Morgan fingerprint density at radius 3 is 2.84 bits per heavy atom. The molecule has 0 bridgehead atoms. The van der Waals surface area contributed by atoms with Crippen LogP contribution < -0.4 is 10.6 Å². The standard InChI is InChI=1S/C19H35N5S/c1-5-20-19(22-13-18-23-16(3)17(4)25-18)21-10-6-7-11-24-12-8-9-15(2)14-24/h15H,5-14H2,1-4H3,(H2,20,21,22). The predicted octanol–water partition coefficient (Wildman–Crippen LogP) is 3.33. The number of rotatable bonds is 8. The highest BCUT2D eigenvalue weighted by Crippen LogP contribution is 2.17. The van der Waals surface area contributed by atoms with Gasteiger partial charge in [0.2, 0.25) is 0 Å². The van der Waals surface area contributed by atoms with E-state index in [0.29, 0.717) is 6.54 Å². The monoisotopic (exact) mass is 365 g/mol. The van der Waals surface area contributed by atoms with Crippen molar-refractivity contribution in [1.82, 2.24) is 20.5 Å². The first-order chi connectivity index (χ1) is 12.1. The van der Waals surface area contributed by atoms with Gasteiger partial charge < -0.3 is 15.5 Å². The van der Waals surface area contributed by atoms with Gasteiger partial charge in [-0.2, -0.15) is 0 Å². The molecule has 1 aromatic heterocycles. The molecule has 1 aliphatic heterocycles. The fraction of sp³-hybridized carbons (Fsp3) is 0.789. The zero-order valence-electron chi connectivity index (χ0n) is 16.4. The Morgan fingerprint density at radius 2 is 2.16 bits per heavy atom. The zero-order chi connectivity index (χ0) is 18.1. The van der Waals surface area contributed by atoms with Crippen LogP contribution in [0.5, 0.6) is 0 Å². The number of hydrogen-bond donors (Lipinski definition) is 2. The van der Waals surface area contributed by atoms with Crippen molar-refractivity contribution in [1.29, 1.82) is 0 Å². The smallest absolute Gasteiger partial charge is 0.191 e. The second kappa shape index (κ2) is 10.8. The van der Waals surface area contributed by atoms with Gasteiger partial charge in [-0.3, -0.25) is 0 Å². The first kappa shape index (κ1) is 20.2. The number of thiazole rings is 1. The van der Waals surface area contributed by atoms with Crippen molar-refractivity contribution in [3.8, 4) is 0 Å². The highest BCUT2D eigenvalue weighted by molar-refractivity contribution is 7.11. The second-order valence-corrected chi connectivity index (χ2v) is 8.41. The number of guanidine groups is 1. The molecule has 1 atom stereocenters. The summed E-state index contributed by atoms with van der Waals surface area (Å²) in [5.74, 6) is 1.78. The number of aromatic nitrogens is 1. The van der Waals surface area contributed by atoms with Crippen LogP contribution >= 0.6 is 11.3 Å². The summed E-state index contributed by atoms with van der Waals surface area (Å²) in [6.45, 7) is 15.0. The summed E-state index contributed by atoms with van der Waals surface area (Å²) >= 11 is 1.74. The average molecular weight is 366 g/mol. The molecule has 2 rings (SSSR count). The van der Waals surface area contributed by atoms with Gasteiger partial charge in [0, 0.05) is 24.5 Å². The maximum Gasteiger partial charge on any atom is 0.191 e. The van der Waals surface area contributed by atoms with Crippen molar-refractivity contribution in [2.75, 3.05) is 32.7 Å². The average Bonchev–Trinajstić information content (AvgIpc) is 2.90. The van der Waals surface area contributed by atoms with Crippen LogP contribution in [0, 0.1) is 19.8 Å². The number of nitrogens with zero attached hydrogens (tertiary/aromatic N) is 3. The summed E-state index contributed by atoms with van der Waals surface area (Å²) < 4.78 is 0. The molecular formula is C19H35N5S. The molecular weight excluding hydrogens is 330 g/mol. The van der Waals surface area contributed by atoms with Crippen LogP contribution in [0.25, 0.3) is 0 Å². The van der Waals surface area contributed by atoms with Gasteiger partial charge in [0.05, 0.1) is 12.2 Å². The lowest BCUT2D eigenvalue weighted by Crippen LogP contribution is -2.38. The van der Waals surface area contributed by atoms with E-state index in [9.17, 15) is 0 Å². The van der Waals surface area contributed by atoms with Crippen molar-refractivity contribution in [3.63, 3.8) is 0 Å². The fourth-order valence-electron chi connectivity index (χ4n) is 3.25. The van der Waals surface area contributed by atoms with Crippen LogP contribution in [-0.4, -0.2) is 48.6 Å². The van der Waals surface area contributed by atoms with Gasteiger partial charge in [-0.25, -0.2) is 9.98 Å². The van der Waals surface area contributed by atoms with Crippen LogP contribution in [0.2, 0.25) is 0 Å². The van der Waals surface area contributed by atoms with E-state index in [-0.39, 0.29) is 0 Å². The van der Waals surface area contributed by atoms with Crippen LogP contribution in [0.1, 0.15) is 55.1 Å². The second-order valence-electron chi connectivity index (χ2n) is 7.13. The third kappa shape index (κ3) is 7.32. The molecule has 0 amide bonds. The molecule has 0 saturated carbocycles. The summed E-state index contributed by atoms with van der Waals surface area (Å²) in [7, 11) is 0. The lowest BCUT2D eigenvalue weighted by Gasteiger charge is -2.30. The lowest BCUT2D eigenvalue weighted by molar-refractivity contribution is 0.181. The van der Waals surface area contributed by atoms with E-state index in [1.807, 2.05) is 0 Å². The van der Waals surface area contributed by atoms with Gasteiger partial charge in [-0.15, -0.1) is 11.3 Å². The molecule has 1 aliphatic rings. The van der Waals surface area contributed by atoms with Gasteiger partial charge >= 0.3 is 0 Å². The minimum Gasteiger partial charge on any atom is -0.357 e. The van der Waals surface area contributed by atoms with E-state index in [2.05, 4.69) is 53.2 Å². The molecule has 2 heterocycles. The van der Waals surface area contributed by atoms with Gasteiger partial charge in [-0.05, 0) is 65.5 Å². The normalized spacial score (nSPS) is 19.2. The summed E-state index contributed by atoms with van der Waals surface area (Å²) in [5, 5.41) is 7.87. The predicted molar refractivity (Wildman–Crippen MR) is 108 cm³/mol. The summed E-state index contributed by atoms with van der Waals surface area (Å²) in [4.78, 5) is 13.1. The maximum absolute atomic E-state index is 4.67. The first-order valence-corrected chi connectivity index (χ1v) is 10.6. The number of aliphatic imine (C=N–C) groups is 1. The summed E-state index contributed by atoms with van der Waals surface area (Å²) in [6, 6.07) is 0. The van der Waals surface area contributed by atoms with Gasteiger partial charge in [-0.1, -0.05) is 6.92 Å². The minimum atomic E-state index is 0.653. The molecule has 0 spiro atoms. The highest BCUT2D eigenvalue weighted by Gasteiger charge is 2.15. The minimum absolute atomic E-state index is 0.653. The van der Waals surface area contributed by atoms with Crippen molar-refractivity contribution in [2.24, 2.45) is 10.9 Å². The van der Waals surface area contributed by atoms with Gasteiger partial charge in [0.15, 0.2) is 5.96 Å². The van der Waals surface area contributed by atoms with E-state index in [0.717, 1.165) is 35.7 Å².